The molecule has 3 atom stereocenters. The zero-order valence-corrected chi connectivity index (χ0v) is 33.8. The maximum Gasteiger partial charge on any atom is 0.317 e. The van der Waals surface area contributed by atoms with Crippen molar-refractivity contribution >= 4 is 46.5 Å². The highest BCUT2D eigenvalue weighted by Gasteiger charge is 2.45. The van der Waals surface area contributed by atoms with Crippen LogP contribution < -0.4 is 16.0 Å². The number of unbranched alkanes of at least 4 members (excludes halogenated alkanes) is 2. The molecule has 4 aromatic rings. The molecule has 16 heteroatoms. The van der Waals surface area contributed by atoms with Crippen molar-refractivity contribution in [3.8, 4) is 11.3 Å². The summed E-state index contributed by atoms with van der Waals surface area (Å²) < 4.78 is 16.9. The number of halogens is 1. The molecule has 3 fully saturated rings. The first kappa shape index (κ1) is 40.0. The second-order valence-electron chi connectivity index (χ2n) is 16.5. The highest BCUT2D eigenvalue weighted by atomic mass is 19.1. The number of carbonyl (C=O) groups is 5. The van der Waals surface area contributed by atoms with Gasteiger partial charge >= 0.3 is 6.03 Å². The molecule has 4 aliphatic rings. The van der Waals surface area contributed by atoms with E-state index in [-0.39, 0.29) is 42.7 Å². The molecular weight excluding hydrogens is 756 g/mol. The minimum Gasteiger partial charge on any atom is -0.351 e. The molecule has 2 saturated heterocycles. The standard InChI is InChI=1S/C43H51FN10O5/c1-25(2)38-31-22-27(23-32(44)37(31)50-51(38)3)33-15-16-45-42(48-33)46-28-11-12-29(24-28)47-43(59)53-20-18-52(19-21-53)17-6-4-5-8-26-9-7-10-30-36(26)41(58)54(40(30)57)34-13-14-35(55)49-39(34)56/h7,9-10,15-16,22-23,25,28-29,34H,4-6,8,11-14,17-21,24H2,1-3H3,(H,47,59)(H,45,46,48)(H,49,55,56)/t28-,29-,34?/m0/s1. The number of nitrogens with zero attached hydrogens (tertiary/aromatic N) is 7. The van der Waals surface area contributed by atoms with Gasteiger partial charge in [0.05, 0.1) is 16.8 Å². The van der Waals surface area contributed by atoms with Gasteiger partial charge in [0.2, 0.25) is 17.8 Å². The fourth-order valence-electron chi connectivity index (χ4n) is 9.18. The number of urea groups is 1. The van der Waals surface area contributed by atoms with Crippen LogP contribution in [0, 0.1) is 5.82 Å². The Morgan fingerprint density at radius 2 is 1.76 bits per heavy atom. The number of anilines is 1. The van der Waals surface area contributed by atoms with Crippen LogP contribution in [0.5, 0.6) is 0 Å². The lowest BCUT2D eigenvalue weighted by atomic mass is 9.98. The number of aryl methyl sites for hydroxylation is 2. The first-order chi connectivity index (χ1) is 28.4. The molecule has 15 nitrogen and oxygen atoms in total. The van der Waals surface area contributed by atoms with Gasteiger partial charge in [-0.05, 0) is 87.2 Å². The number of rotatable bonds is 12. The minimum absolute atomic E-state index is 0.0394. The average Bonchev–Trinajstić information content (AvgIpc) is 3.88. The Balaban J connectivity index is 0.755. The molecule has 0 radical (unpaired) electrons. The van der Waals surface area contributed by atoms with Crippen LogP contribution in [-0.2, 0) is 23.1 Å². The van der Waals surface area contributed by atoms with E-state index in [1.165, 1.54) is 6.07 Å². The van der Waals surface area contributed by atoms with Crippen molar-refractivity contribution in [3.05, 3.63) is 70.8 Å². The van der Waals surface area contributed by atoms with Crippen molar-refractivity contribution in [1.82, 2.24) is 45.1 Å². The number of aromatic nitrogens is 4. The number of imide groups is 2. The molecule has 310 valence electrons. The van der Waals surface area contributed by atoms with E-state index >= 15 is 4.39 Å². The number of piperazine rings is 1. The summed E-state index contributed by atoms with van der Waals surface area (Å²) in [5, 5.41) is 14.1. The van der Waals surface area contributed by atoms with Gasteiger partial charge in [-0.25, -0.2) is 19.2 Å². The molecule has 59 heavy (non-hydrogen) atoms. The molecule has 8 rings (SSSR count). The predicted octanol–water partition coefficient (Wildman–Crippen LogP) is 4.77. The first-order valence-electron chi connectivity index (χ1n) is 20.8. The van der Waals surface area contributed by atoms with Gasteiger partial charge < -0.3 is 15.5 Å². The minimum atomic E-state index is -0.975. The molecule has 2 aromatic carbocycles. The third-order valence-electron chi connectivity index (χ3n) is 12.2. The summed E-state index contributed by atoms with van der Waals surface area (Å²) in [5.41, 5.74) is 4.10. The monoisotopic (exact) mass is 806 g/mol. The Morgan fingerprint density at radius 1 is 0.966 bits per heavy atom. The molecule has 1 saturated carbocycles. The Labute approximate surface area is 342 Å². The molecule has 5 heterocycles. The van der Waals surface area contributed by atoms with Crippen molar-refractivity contribution in [3.63, 3.8) is 0 Å². The summed E-state index contributed by atoms with van der Waals surface area (Å²) in [6, 6.07) is 9.60. The van der Waals surface area contributed by atoms with Gasteiger partial charge in [0.25, 0.3) is 11.8 Å². The second-order valence-corrected chi connectivity index (χ2v) is 16.5. The molecule has 3 aliphatic heterocycles. The van der Waals surface area contributed by atoms with Crippen molar-refractivity contribution in [1.29, 1.82) is 0 Å². The molecular formula is C43H51FN10O5. The van der Waals surface area contributed by atoms with Crippen molar-refractivity contribution in [2.75, 3.05) is 38.0 Å². The SMILES string of the molecule is CC(C)c1c2cc(-c3ccnc(N[C@H]4CC[C@H](NC(=O)N5CCN(CCCCCc6cccc7c6C(=O)N(C6CCC(=O)NC6=O)C7=O)CC5)C4)n3)cc(F)c2nn1C. The van der Waals surface area contributed by atoms with E-state index in [1.807, 2.05) is 24.1 Å². The lowest BCUT2D eigenvalue weighted by Crippen LogP contribution is -2.54. The Kier molecular flexibility index (Phi) is 11.4. The van der Waals surface area contributed by atoms with E-state index in [4.69, 9.17) is 4.98 Å². The van der Waals surface area contributed by atoms with Crippen LogP contribution in [0.4, 0.5) is 15.1 Å². The quantitative estimate of drug-likeness (QED) is 0.134. The van der Waals surface area contributed by atoms with Crippen LogP contribution in [0.1, 0.15) is 103 Å². The number of carbonyl (C=O) groups excluding carboxylic acids is 5. The van der Waals surface area contributed by atoms with Crippen LogP contribution in [0.2, 0.25) is 0 Å². The maximum atomic E-state index is 15.1. The number of benzene rings is 2. The Hall–Kier alpha value is -5.77. The van der Waals surface area contributed by atoms with Gasteiger partial charge in [-0.3, -0.25) is 39.0 Å². The third-order valence-corrected chi connectivity index (χ3v) is 12.2. The number of hydrogen-bond acceptors (Lipinski definition) is 10. The first-order valence-corrected chi connectivity index (χ1v) is 20.8. The fraction of sp³-hybridized carbons (Fsp3) is 0.488. The average molecular weight is 807 g/mol. The molecule has 1 unspecified atom stereocenters. The summed E-state index contributed by atoms with van der Waals surface area (Å²) in [4.78, 5) is 78.3. The van der Waals surface area contributed by atoms with Crippen LogP contribution >= 0.6 is 0 Å². The Bertz CT molecular complexity index is 2300. The van der Waals surface area contributed by atoms with Crippen molar-refractivity contribution < 1.29 is 28.4 Å². The van der Waals surface area contributed by atoms with Gasteiger partial charge in [0, 0.05) is 74.6 Å². The van der Waals surface area contributed by atoms with Gasteiger partial charge in [0.15, 0.2) is 5.82 Å². The zero-order chi connectivity index (χ0) is 41.4. The van der Waals surface area contributed by atoms with Gasteiger partial charge in [-0.2, -0.15) is 5.10 Å². The van der Waals surface area contributed by atoms with Crippen molar-refractivity contribution in [2.24, 2.45) is 7.05 Å². The number of nitrogens with one attached hydrogen (secondary N) is 3. The van der Waals surface area contributed by atoms with Crippen molar-refractivity contribution in [2.45, 2.75) is 95.7 Å². The zero-order valence-electron chi connectivity index (χ0n) is 33.8. The van der Waals surface area contributed by atoms with Crippen LogP contribution in [0.3, 0.4) is 0 Å². The van der Waals surface area contributed by atoms with E-state index in [9.17, 15) is 24.0 Å². The highest BCUT2D eigenvalue weighted by Crippen LogP contribution is 2.33. The van der Waals surface area contributed by atoms with Crippen LogP contribution in [0.15, 0.2) is 42.6 Å². The number of piperidine rings is 1. The normalized spacial score (nSPS) is 21.1. The largest absolute Gasteiger partial charge is 0.351 e. The summed E-state index contributed by atoms with van der Waals surface area (Å²) in [6.07, 6.45) is 7.75. The summed E-state index contributed by atoms with van der Waals surface area (Å²) in [5.74, 6) is -1.69. The highest BCUT2D eigenvalue weighted by molar-refractivity contribution is 6.24. The van der Waals surface area contributed by atoms with E-state index < -0.39 is 29.7 Å². The van der Waals surface area contributed by atoms with Gasteiger partial charge in [0.1, 0.15) is 11.6 Å². The summed E-state index contributed by atoms with van der Waals surface area (Å²) in [6.45, 7) is 7.95. The molecule has 3 N–H and O–H groups in total. The Morgan fingerprint density at radius 3 is 2.54 bits per heavy atom. The molecule has 1 aliphatic carbocycles. The number of fused-ring (bicyclic) bond motifs is 2. The molecule has 0 bridgehead atoms. The topological polar surface area (TPSA) is 175 Å². The predicted molar refractivity (Wildman–Crippen MR) is 218 cm³/mol. The van der Waals surface area contributed by atoms with Crippen LogP contribution in [-0.4, -0.2) is 115 Å². The molecule has 0 spiro atoms. The van der Waals surface area contributed by atoms with E-state index in [2.05, 4.69) is 44.8 Å². The number of amides is 6. The smallest absolute Gasteiger partial charge is 0.317 e. The lowest BCUT2D eigenvalue weighted by Gasteiger charge is -2.35. The second kappa shape index (κ2) is 16.8. The molecule has 6 amide bonds. The van der Waals surface area contributed by atoms with E-state index in [0.717, 1.165) is 79.7 Å². The maximum absolute atomic E-state index is 15.1. The third kappa shape index (κ3) is 8.27. The summed E-state index contributed by atoms with van der Waals surface area (Å²) >= 11 is 0. The van der Waals surface area contributed by atoms with Crippen LogP contribution in [0.25, 0.3) is 22.2 Å². The van der Waals surface area contributed by atoms with E-state index in [0.29, 0.717) is 53.4 Å². The van der Waals surface area contributed by atoms with Gasteiger partial charge in [-0.1, -0.05) is 32.4 Å². The lowest BCUT2D eigenvalue weighted by molar-refractivity contribution is -0.136. The fourth-order valence-corrected chi connectivity index (χ4v) is 9.18. The number of hydrogen-bond donors (Lipinski definition) is 3. The summed E-state index contributed by atoms with van der Waals surface area (Å²) in [7, 11) is 1.84. The van der Waals surface area contributed by atoms with Gasteiger partial charge in [-0.15, -0.1) is 0 Å². The molecule has 2 aromatic heterocycles. The van der Waals surface area contributed by atoms with E-state index in [1.54, 1.807) is 29.1 Å².